The van der Waals surface area contributed by atoms with Crippen LogP contribution in [0.15, 0.2) is 24.3 Å². The zero-order valence-electron chi connectivity index (χ0n) is 11.5. The van der Waals surface area contributed by atoms with E-state index in [2.05, 4.69) is 29.6 Å². The molecule has 1 fully saturated rings. The van der Waals surface area contributed by atoms with E-state index in [4.69, 9.17) is 0 Å². The van der Waals surface area contributed by atoms with E-state index in [1.165, 1.54) is 24.8 Å². The fraction of sp³-hybridized carbons (Fsp3) is 0.625. The molecule has 1 unspecified atom stereocenters. The highest BCUT2D eigenvalue weighted by molar-refractivity contribution is 5.24. The molecule has 0 bridgehead atoms. The maximum absolute atomic E-state index is 10.0. The van der Waals surface area contributed by atoms with Crippen molar-refractivity contribution in [3.8, 4) is 0 Å². The van der Waals surface area contributed by atoms with E-state index in [1.807, 2.05) is 13.8 Å². The van der Waals surface area contributed by atoms with Gasteiger partial charge in [0.1, 0.15) is 0 Å². The van der Waals surface area contributed by atoms with E-state index in [1.54, 1.807) is 0 Å². The third-order valence-electron chi connectivity index (χ3n) is 3.94. The smallest absolute Gasteiger partial charge is 0.0812 e. The highest BCUT2D eigenvalue weighted by atomic mass is 16.3. The first-order valence-electron chi connectivity index (χ1n) is 7.14. The second kappa shape index (κ2) is 6.35. The van der Waals surface area contributed by atoms with E-state index in [9.17, 15) is 5.11 Å². The van der Waals surface area contributed by atoms with Crippen LogP contribution in [0.25, 0.3) is 0 Å². The van der Waals surface area contributed by atoms with Gasteiger partial charge in [-0.15, -0.1) is 0 Å². The monoisotopic (exact) mass is 247 g/mol. The molecule has 2 N–H and O–H groups in total. The molecule has 1 aromatic rings. The topological polar surface area (TPSA) is 32.3 Å². The molecule has 1 aliphatic rings. The Balaban J connectivity index is 1.94. The average Bonchev–Trinajstić information content (AvgIpc) is 2.40. The lowest BCUT2D eigenvalue weighted by Gasteiger charge is -2.23. The fourth-order valence-electron chi connectivity index (χ4n) is 2.65. The minimum atomic E-state index is -0.335. The Hall–Kier alpha value is -0.860. The molecule has 0 spiro atoms. The summed E-state index contributed by atoms with van der Waals surface area (Å²) in [4.78, 5) is 0. The van der Waals surface area contributed by atoms with Crippen molar-refractivity contribution in [1.82, 2.24) is 5.32 Å². The molecule has 0 radical (unpaired) electrons. The molecule has 1 aliphatic heterocycles. The second-order valence-corrected chi connectivity index (χ2v) is 5.83. The standard InChI is InChI=1S/C16H25NO/c1-12(2)16(18)15-5-3-13(4-6-15)11-14-7-9-17-10-8-14/h3-6,12,14,16-18H,7-11H2,1-2H3. The first kappa shape index (κ1) is 13.6. The van der Waals surface area contributed by atoms with E-state index in [0.29, 0.717) is 0 Å². The molecule has 2 heteroatoms. The molecule has 0 saturated carbocycles. The number of nitrogens with one attached hydrogen (secondary N) is 1. The maximum Gasteiger partial charge on any atom is 0.0812 e. The Labute approximate surface area is 110 Å². The Kier molecular flexibility index (Phi) is 4.79. The molecule has 100 valence electrons. The molecule has 0 aliphatic carbocycles. The molecule has 1 saturated heterocycles. The predicted octanol–water partition coefficient (Wildman–Crippen LogP) is 2.92. The SMILES string of the molecule is CC(C)C(O)c1ccc(CC2CCNCC2)cc1. The number of aliphatic hydroxyl groups is 1. The van der Waals surface area contributed by atoms with E-state index >= 15 is 0 Å². The zero-order chi connectivity index (χ0) is 13.0. The summed E-state index contributed by atoms with van der Waals surface area (Å²) in [6, 6.07) is 8.54. The van der Waals surface area contributed by atoms with Crippen LogP contribution in [0.5, 0.6) is 0 Å². The van der Waals surface area contributed by atoms with Gasteiger partial charge in [0.15, 0.2) is 0 Å². The lowest BCUT2D eigenvalue weighted by atomic mass is 9.90. The Morgan fingerprint density at radius 1 is 1.17 bits per heavy atom. The molecule has 0 amide bonds. The van der Waals surface area contributed by atoms with Gasteiger partial charge < -0.3 is 10.4 Å². The second-order valence-electron chi connectivity index (χ2n) is 5.83. The van der Waals surface area contributed by atoms with Crippen LogP contribution in [0.4, 0.5) is 0 Å². The third kappa shape index (κ3) is 3.56. The van der Waals surface area contributed by atoms with Gasteiger partial charge in [-0.25, -0.2) is 0 Å². The average molecular weight is 247 g/mol. The van der Waals surface area contributed by atoms with Crippen molar-refractivity contribution < 1.29 is 5.11 Å². The van der Waals surface area contributed by atoms with Crippen molar-refractivity contribution in [3.05, 3.63) is 35.4 Å². The Morgan fingerprint density at radius 2 is 1.78 bits per heavy atom. The Bertz CT molecular complexity index is 352. The number of rotatable bonds is 4. The van der Waals surface area contributed by atoms with E-state index in [-0.39, 0.29) is 12.0 Å². The van der Waals surface area contributed by atoms with E-state index < -0.39 is 0 Å². The number of hydrogen-bond acceptors (Lipinski definition) is 2. The fourth-order valence-corrected chi connectivity index (χ4v) is 2.65. The van der Waals surface area contributed by atoms with Crippen molar-refractivity contribution in [3.63, 3.8) is 0 Å². The maximum atomic E-state index is 10.0. The van der Waals surface area contributed by atoms with Crippen molar-refractivity contribution in [2.45, 2.75) is 39.2 Å². The predicted molar refractivity (Wildman–Crippen MR) is 75.5 cm³/mol. The first-order chi connectivity index (χ1) is 8.66. The summed E-state index contributed by atoms with van der Waals surface area (Å²) in [7, 11) is 0. The molecule has 2 nitrogen and oxygen atoms in total. The van der Waals surface area contributed by atoms with Crippen molar-refractivity contribution in [2.24, 2.45) is 11.8 Å². The van der Waals surface area contributed by atoms with Gasteiger partial charge in [0.05, 0.1) is 6.10 Å². The van der Waals surface area contributed by atoms with Crippen LogP contribution in [-0.2, 0) is 6.42 Å². The lowest BCUT2D eigenvalue weighted by Crippen LogP contribution is -2.28. The number of piperidine rings is 1. The summed E-state index contributed by atoms with van der Waals surface area (Å²) in [5, 5.41) is 13.4. The molecule has 2 rings (SSSR count). The molecule has 1 atom stereocenters. The van der Waals surface area contributed by atoms with Gasteiger partial charge in [-0.1, -0.05) is 38.1 Å². The number of hydrogen-bond donors (Lipinski definition) is 2. The summed E-state index contributed by atoms with van der Waals surface area (Å²) in [5.41, 5.74) is 2.45. The quantitative estimate of drug-likeness (QED) is 0.857. The van der Waals surface area contributed by atoms with Gasteiger partial charge in [-0.3, -0.25) is 0 Å². The summed E-state index contributed by atoms with van der Waals surface area (Å²) in [5.74, 6) is 1.10. The molecular formula is C16H25NO. The summed E-state index contributed by atoms with van der Waals surface area (Å²) in [6.07, 6.45) is 3.42. The molecule has 1 heterocycles. The normalized spacial score (nSPS) is 19.1. The first-order valence-corrected chi connectivity index (χ1v) is 7.14. The van der Waals surface area contributed by atoms with Gasteiger partial charge in [-0.05, 0) is 55.3 Å². The third-order valence-corrected chi connectivity index (χ3v) is 3.94. The van der Waals surface area contributed by atoms with Crippen molar-refractivity contribution in [1.29, 1.82) is 0 Å². The molecule has 1 aromatic carbocycles. The van der Waals surface area contributed by atoms with Crippen LogP contribution in [-0.4, -0.2) is 18.2 Å². The molecular weight excluding hydrogens is 222 g/mol. The zero-order valence-corrected chi connectivity index (χ0v) is 11.5. The lowest BCUT2D eigenvalue weighted by molar-refractivity contribution is 0.127. The number of aliphatic hydroxyl groups excluding tert-OH is 1. The van der Waals surface area contributed by atoms with Gasteiger partial charge >= 0.3 is 0 Å². The highest BCUT2D eigenvalue weighted by Crippen LogP contribution is 2.23. The summed E-state index contributed by atoms with van der Waals surface area (Å²) in [6.45, 7) is 6.42. The summed E-state index contributed by atoms with van der Waals surface area (Å²) < 4.78 is 0. The van der Waals surface area contributed by atoms with Crippen molar-refractivity contribution >= 4 is 0 Å². The van der Waals surface area contributed by atoms with Crippen LogP contribution in [0.1, 0.15) is 43.9 Å². The minimum Gasteiger partial charge on any atom is -0.388 e. The van der Waals surface area contributed by atoms with Crippen LogP contribution in [0.2, 0.25) is 0 Å². The molecule has 18 heavy (non-hydrogen) atoms. The van der Waals surface area contributed by atoms with Crippen LogP contribution in [0.3, 0.4) is 0 Å². The van der Waals surface area contributed by atoms with Gasteiger partial charge in [0.2, 0.25) is 0 Å². The van der Waals surface area contributed by atoms with Crippen LogP contribution >= 0.6 is 0 Å². The number of benzene rings is 1. The van der Waals surface area contributed by atoms with E-state index in [0.717, 1.165) is 24.6 Å². The van der Waals surface area contributed by atoms with Crippen LogP contribution in [0, 0.1) is 11.8 Å². The Morgan fingerprint density at radius 3 is 2.33 bits per heavy atom. The van der Waals surface area contributed by atoms with Crippen LogP contribution < -0.4 is 5.32 Å². The van der Waals surface area contributed by atoms with Crippen molar-refractivity contribution in [2.75, 3.05) is 13.1 Å². The minimum absolute atomic E-state index is 0.278. The largest absolute Gasteiger partial charge is 0.388 e. The highest BCUT2D eigenvalue weighted by Gasteiger charge is 2.15. The van der Waals surface area contributed by atoms with Gasteiger partial charge in [0, 0.05) is 0 Å². The van der Waals surface area contributed by atoms with Gasteiger partial charge in [-0.2, -0.15) is 0 Å². The molecule has 0 aromatic heterocycles. The summed E-state index contributed by atoms with van der Waals surface area (Å²) >= 11 is 0. The van der Waals surface area contributed by atoms with Gasteiger partial charge in [0.25, 0.3) is 0 Å².